The molecular formula is C10H8F2N4O2. The van der Waals surface area contributed by atoms with E-state index in [0.29, 0.717) is 0 Å². The predicted octanol–water partition coefficient (Wildman–Crippen LogP) is 2.30. The van der Waals surface area contributed by atoms with Gasteiger partial charge in [0, 0.05) is 12.1 Å². The lowest BCUT2D eigenvalue weighted by Gasteiger charge is -2.07. The van der Waals surface area contributed by atoms with Crippen LogP contribution in [0.1, 0.15) is 12.1 Å². The molecule has 6 nitrogen and oxygen atoms in total. The Morgan fingerprint density at radius 2 is 2.17 bits per heavy atom. The van der Waals surface area contributed by atoms with Crippen LogP contribution in [0.25, 0.3) is 5.69 Å². The Kier molecular flexibility index (Phi) is 2.92. The van der Waals surface area contributed by atoms with Crippen LogP contribution in [-0.2, 0) is 0 Å². The minimum atomic E-state index is -2.81. The summed E-state index contributed by atoms with van der Waals surface area (Å²) in [4.78, 5) is 10.00. The van der Waals surface area contributed by atoms with Crippen LogP contribution in [0, 0.1) is 10.1 Å². The Morgan fingerprint density at radius 1 is 1.44 bits per heavy atom. The molecule has 0 radical (unpaired) electrons. The van der Waals surface area contributed by atoms with Crippen molar-refractivity contribution in [2.45, 2.75) is 6.43 Å². The third kappa shape index (κ3) is 1.99. The molecule has 2 aromatic rings. The molecule has 0 aliphatic heterocycles. The summed E-state index contributed by atoms with van der Waals surface area (Å²) in [6.07, 6.45) is -1.73. The summed E-state index contributed by atoms with van der Waals surface area (Å²) < 4.78 is 26.5. The molecule has 0 spiro atoms. The van der Waals surface area contributed by atoms with E-state index in [9.17, 15) is 18.9 Å². The second kappa shape index (κ2) is 4.40. The van der Waals surface area contributed by atoms with E-state index < -0.39 is 17.0 Å². The van der Waals surface area contributed by atoms with E-state index in [1.165, 1.54) is 18.2 Å². The van der Waals surface area contributed by atoms with Gasteiger partial charge in [-0.1, -0.05) is 6.07 Å². The minimum Gasteiger partial charge on any atom is -0.396 e. The minimum absolute atomic E-state index is 0.156. The van der Waals surface area contributed by atoms with Crippen LogP contribution in [0.4, 0.5) is 20.2 Å². The molecule has 18 heavy (non-hydrogen) atoms. The van der Waals surface area contributed by atoms with Crippen molar-refractivity contribution in [2.24, 2.45) is 0 Å². The van der Waals surface area contributed by atoms with Gasteiger partial charge in [0.25, 0.3) is 12.1 Å². The lowest BCUT2D eigenvalue weighted by molar-refractivity contribution is -0.384. The summed E-state index contributed by atoms with van der Waals surface area (Å²) in [6.45, 7) is 0. The quantitative estimate of drug-likeness (QED) is 0.672. The number of benzene rings is 1. The van der Waals surface area contributed by atoms with Crippen LogP contribution in [0.5, 0.6) is 0 Å². The molecule has 0 aliphatic rings. The van der Waals surface area contributed by atoms with Crippen molar-refractivity contribution in [3.05, 3.63) is 46.3 Å². The molecule has 1 aromatic heterocycles. The molecule has 1 heterocycles. The Bertz CT molecular complexity index is 597. The Labute approximate surface area is 99.8 Å². The number of rotatable bonds is 3. The molecule has 94 valence electrons. The highest BCUT2D eigenvalue weighted by atomic mass is 19.3. The van der Waals surface area contributed by atoms with Crippen molar-refractivity contribution in [1.82, 2.24) is 9.78 Å². The maximum Gasteiger partial charge on any atom is 0.282 e. The van der Waals surface area contributed by atoms with Gasteiger partial charge in [0.2, 0.25) is 0 Å². The van der Waals surface area contributed by atoms with Crippen molar-refractivity contribution in [2.75, 3.05) is 5.73 Å². The number of anilines is 1. The number of nitro benzene ring substituents is 1. The van der Waals surface area contributed by atoms with Gasteiger partial charge in [0.1, 0.15) is 5.69 Å². The molecular weight excluding hydrogens is 246 g/mol. The Hall–Kier alpha value is -2.51. The third-order valence-corrected chi connectivity index (χ3v) is 2.33. The number of halogens is 2. The lowest BCUT2D eigenvalue weighted by Crippen LogP contribution is -2.04. The van der Waals surface area contributed by atoms with E-state index in [1.54, 1.807) is 0 Å². The molecule has 2 rings (SSSR count). The largest absolute Gasteiger partial charge is 0.396 e. The zero-order chi connectivity index (χ0) is 13.3. The van der Waals surface area contributed by atoms with Gasteiger partial charge in [0.05, 0.1) is 22.5 Å². The normalized spacial score (nSPS) is 10.8. The second-order valence-corrected chi connectivity index (χ2v) is 3.47. The van der Waals surface area contributed by atoms with Gasteiger partial charge in [-0.2, -0.15) is 5.10 Å². The van der Waals surface area contributed by atoms with Crippen LogP contribution >= 0.6 is 0 Å². The highest BCUT2D eigenvalue weighted by Crippen LogP contribution is 2.28. The molecule has 0 saturated carbocycles. The monoisotopic (exact) mass is 254 g/mol. The number of nitro groups is 1. The van der Waals surface area contributed by atoms with Crippen LogP contribution in [-0.4, -0.2) is 14.7 Å². The molecule has 0 bridgehead atoms. The van der Waals surface area contributed by atoms with Gasteiger partial charge in [-0.15, -0.1) is 0 Å². The van der Waals surface area contributed by atoms with E-state index in [4.69, 9.17) is 5.73 Å². The average Bonchev–Trinajstić information content (AvgIpc) is 2.71. The van der Waals surface area contributed by atoms with Crippen molar-refractivity contribution in [1.29, 1.82) is 0 Å². The van der Waals surface area contributed by atoms with Gasteiger partial charge < -0.3 is 5.73 Å². The van der Waals surface area contributed by atoms with Gasteiger partial charge in [-0.05, 0) is 6.07 Å². The van der Waals surface area contributed by atoms with Crippen molar-refractivity contribution in [3.63, 3.8) is 0 Å². The van der Waals surface area contributed by atoms with Crippen molar-refractivity contribution < 1.29 is 13.7 Å². The number of nitrogens with zero attached hydrogens (tertiary/aromatic N) is 3. The standard InChI is InChI=1S/C10H8F2N4O2/c11-10(12)9-8(13)5-14-15(9)6-2-1-3-7(4-6)16(17)18/h1-5,10H,13H2. The molecule has 0 amide bonds. The van der Waals surface area contributed by atoms with E-state index in [-0.39, 0.29) is 17.1 Å². The Morgan fingerprint density at radius 3 is 2.78 bits per heavy atom. The summed E-state index contributed by atoms with van der Waals surface area (Å²) >= 11 is 0. The van der Waals surface area contributed by atoms with Gasteiger partial charge >= 0.3 is 0 Å². The van der Waals surface area contributed by atoms with Crippen LogP contribution in [0.2, 0.25) is 0 Å². The number of hydrogen-bond donors (Lipinski definition) is 1. The summed E-state index contributed by atoms with van der Waals surface area (Å²) in [5.74, 6) is 0. The molecule has 0 unspecified atom stereocenters. The molecule has 0 saturated heterocycles. The van der Waals surface area contributed by atoms with Gasteiger partial charge in [-0.25, -0.2) is 13.5 Å². The molecule has 0 atom stereocenters. The first-order valence-corrected chi connectivity index (χ1v) is 4.87. The second-order valence-electron chi connectivity index (χ2n) is 3.47. The fourth-order valence-electron chi connectivity index (χ4n) is 1.53. The molecule has 1 aromatic carbocycles. The van der Waals surface area contributed by atoms with Gasteiger partial charge in [0.15, 0.2) is 0 Å². The topological polar surface area (TPSA) is 87.0 Å². The lowest BCUT2D eigenvalue weighted by atomic mass is 10.2. The van der Waals surface area contributed by atoms with Crippen molar-refractivity contribution >= 4 is 11.4 Å². The molecule has 2 N–H and O–H groups in total. The molecule has 0 fully saturated rings. The summed E-state index contributed by atoms with van der Waals surface area (Å²) in [5, 5.41) is 14.3. The number of non-ortho nitro benzene ring substituents is 1. The Balaban J connectivity index is 2.55. The first kappa shape index (κ1) is 12.0. The zero-order valence-electron chi connectivity index (χ0n) is 8.96. The van der Waals surface area contributed by atoms with E-state index in [0.717, 1.165) is 16.9 Å². The average molecular weight is 254 g/mol. The smallest absolute Gasteiger partial charge is 0.282 e. The first-order chi connectivity index (χ1) is 8.50. The summed E-state index contributed by atoms with van der Waals surface area (Å²) in [7, 11) is 0. The van der Waals surface area contributed by atoms with Gasteiger partial charge in [-0.3, -0.25) is 10.1 Å². The summed E-state index contributed by atoms with van der Waals surface area (Å²) in [6, 6.07) is 5.24. The zero-order valence-corrected chi connectivity index (χ0v) is 8.96. The predicted molar refractivity (Wildman–Crippen MR) is 59.6 cm³/mol. The fraction of sp³-hybridized carbons (Fsp3) is 0.100. The first-order valence-electron chi connectivity index (χ1n) is 4.87. The van der Waals surface area contributed by atoms with E-state index in [2.05, 4.69) is 5.10 Å². The maximum atomic E-state index is 12.8. The number of nitrogen functional groups attached to an aromatic ring is 1. The highest BCUT2D eigenvalue weighted by molar-refractivity contribution is 5.49. The van der Waals surface area contributed by atoms with Crippen LogP contribution in [0.15, 0.2) is 30.5 Å². The summed E-state index contributed by atoms with van der Waals surface area (Å²) in [5.41, 5.74) is 4.70. The molecule has 0 aliphatic carbocycles. The van der Waals surface area contributed by atoms with E-state index >= 15 is 0 Å². The van der Waals surface area contributed by atoms with Crippen molar-refractivity contribution in [3.8, 4) is 5.69 Å². The maximum absolute atomic E-state index is 12.8. The number of alkyl halides is 2. The van der Waals surface area contributed by atoms with Crippen LogP contribution in [0.3, 0.4) is 0 Å². The highest BCUT2D eigenvalue weighted by Gasteiger charge is 2.20. The number of hydrogen-bond acceptors (Lipinski definition) is 4. The number of aromatic nitrogens is 2. The fourth-order valence-corrected chi connectivity index (χ4v) is 1.53. The SMILES string of the molecule is Nc1cnn(-c2cccc([N+](=O)[O-])c2)c1C(F)F. The van der Waals surface area contributed by atoms with E-state index in [1.807, 2.05) is 0 Å². The third-order valence-electron chi connectivity index (χ3n) is 2.33. The molecule has 8 heteroatoms. The number of nitrogens with two attached hydrogens (primary N) is 1. The van der Waals surface area contributed by atoms with Crippen LogP contribution < -0.4 is 5.73 Å².